The number of fused-ring (bicyclic) bond motifs is 1. The van der Waals surface area contributed by atoms with E-state index in [0.29, 0.717) is 21.9 Å². The first-order valence-electron chi connectivity index (χ1n) is 10.9. The molecule has 1 saturated heterocycles. The first-order valence-corrected chi connectivity index (χ1v) is 11.3. The SMILES string of the molecule is COc1cc(N2CCCCC2)c2c(OC)nc(-c3cc(O)cc(Cl)c3C3CC3)c(F)c2n1. The average molecular weight is 458 g/mol. The molecule has 3 heterocycles. The van der Waals surface area contributed by atoms with E-state index in [4.69, 9.17) is 21.1 Å². The number of pyridine rings is 2. The van der Waals surface area contributed by atoms with Gasteiger partial charge in [0.1, 0.15) is 17.0 Å². The number of hydrogen-bond acceptors (Lipinski definition) is 6. The monoisotopic (exact) mass is 457 g/mol. The summed E-state index contributed by atoms with van der Waals surface area (Å²) < 4.78 is 27.1. The number of nitrogens with zero attached hydrogens (tertiary/aromatic N) is 3. The molecule has 0 unspecified atom stereocenters. The van der Waals surface area contributed by atoms with Crippen molar-refractivity contribution in [1.82, 2.24) is 9.97 Å². The number of aromatic nitrogens is 2. The van der Waals surface area contributed by atoms with Crippen LogP contribution in [0.2, 0.25) is 5.02 Å². The predicted octanol–water partition coefficient (Wildman–Crippen LogP) is 5.68. The number of ether oxygens (including phenoxy) is 2. The van der Waals surface area contributed by atoms with E-state index in [9.17, 15) is 5.11 Å². The molecule has 0 spiro atoms. The molecule has 0 atom stereocenters. The topological polar surface area (TPSA) is 67.7 Å². The Balaban J connectivity index is 1.80. The van der Waals surface area contributed by atoms with Gasteiger partial charge in [-0.25, -0.2) is 14.4 Å². The lowest BCUT2D eigenvalue weighted by atomic mass is 9.98. The minimum atomic E-state index is -0.582. The Hall–Kier alpha value is -2.80. The summed E-state index contributed by atoms with van der Waals surface area (Å²) in [5.74, 6) is 0.216. The van der Waals surface area contributed by atoms with Crippen LogP contribution in [0.15, 0.2) is 18.2 Å². The number of aromatic hydroxyl groups is 1. The van der Waals surface area contributed by atoms with E-state index in [1.54, 1.807) is 0 Å². The number of rotatable bonds is 5. The van der Waals surface area contributed by atoms with Crippen molar-refractivity contribution in [2.45, 2.75) is 38.0 Å². The molecule has 32 heavy (non-hydrogen) atoms. The van der Waals surface area contributed by atoms with Crippen LogP contribution in [0.5, 0.6) is 17.5 Å². The van der Waals surface area contributed by atoms with E-state index in [-0.39, 0.29) is 28.8 Å². The second kappa shape index (κ2) is 8.28. The third kappa shape index (κ3) is 3.58. The van der Waals surface area contributed by atoms with Gasteiger partial charge in [-0.3, -0.25) is 0 Å². The maximum Gasteiger partial charge on any atom is 0.225 e. The average Bonchev–Trinajstić information content (AvgIpc) is 3.64. The Bertz CT molecular complexity index is 1190. The molecule has 0 bridgehead atoms. The second-order valence-corrected chi connectivity index (χ2v) is 8.81. The van der Waals surface area contributed by atoms with Crippen LogP contribution in [0, 0.1) is 5.82 Å². The summed E-state index contributed by atoms with van der Waals surface area (Å²) in [5, 5.41) is 11.1. The third-order valence-electron chi connectivity index (χ3n) is 6.27. The van der Waals surface area contributed by atoms with Crippen molar-refractivity contribution in [2.75, 3.05) is 32.2 Å². The highest BCUT2D eigenvalue weighted by Crippen LogP contribution is 2.50. The summed E-state index contributed by atoms with van der Waals surface area (Å²) in [6.07, 6.45) is 5.24. The van der Waals surface area contributed by atoms with Crippen molar-refractivity contribution < 1.29 is 19.0 Å². The summed E-state index contributed by atoms with van der Waals surface area (Å²) in [4.78, 5) is 11.2. The molecule has 1 aromatic carbocycles. The molecule has 1 N–H and O–H groups in total. The van der Waals surface area contributed by atoms with E-state index >= 15 is 4.39 Å². The van der Waals surface area contributed by atoms with Crippen molar-refractivity contribution in [3.8, 4) is 28.8 Å². The lowest BCUT2D eigenvalue weighted by Gasteiger charge is -2.30. The van der Waals surface area contributed by atoms with Gasteiger partial charge in [-0.05, 0) is 55.7 Å². The van der Waals surface area contributed by atoms with Crippen molar-refractivity contribution >= 4 is 28.2 Å². The quantitative estimate of drug-likeness (QED) is 0.531. The number of methoxy groups -OCH3 is 2. The van der Waals surface area contributed by atoms with Crippen molar-refractivity contribution in [3.63, 3.8) is 0 Å². The lowest BCUT2D eigenvalue weighted by Crippen LogP contribution is -2.29. The van der Waals surface area contributed by atoms with Gasteiger partial charge >= 0.3 is 0 Å². The Morgan fingerprint density at radius 1 is 1.06 bits per heavy atom. The maximum absolute atomic E-state index is 16.1. The fourth-order valence-electron chi connectivity index (χ4n) is 4.60. The van der Waals surface area contributed by atoms with Gasteiger partial charge < -0.3 is 19.5 Å². The van der Waals surface area contributed by atoms with Crippen LogP contribution in [0.25, 0.3) is 22.2 Å². The highest BCUT2D eigenvalue weighted by Gasteiger charge is 2.32. The number of anilines is 1. The number of hydrogen-bond donors (Lipinski definition) is 1. The fraction of sp³-hybridized carbons (Fsp3) is 0.417. The molecule has 1 aliphatic heterocycles. The highest BCUT2D eigenvalue weighted by molar-refractivity contribution is 6.32. The summed E-state index contributed by atoms with van der Waals surface area (Å²) in [5.41, 5.74) is 2.28. The number of piperidine rings is 1. The first kappa shape index (κ1) is 21.1. The molecule has 2 aromatic heterocycles. The highest BCUT2D eigenvalue weighted by atomic mass is 35.5. The van der Waals surface area contributed by atoms with E-state index in [1.165, 1.54) is 32.8 Å². The summed E-state index contributed by atoms with van der Waals surface area (Å²) >= 11 is 6.45. The molecule has 1 saturated carbocycles. The van der Waals surface area contributed by atoms with Crippen LogP contribution in [-0.4, -0.2) is 42.4 Å². The molecule has 168 valence electrons. The Morgan fingerprint density at radius 3 is 2.47 bits per heavy atom. The molecule has 3 aromatic rings. The molecule has 8 heteroatoms. The van der Waals surface area contributed by atoms with Crippen LogP contribution in [0.1, 0.15) is 43.6 Å². The largest absolute Gasteiger partial charge is 0.508 e. The Morgan fingerprint density at radius 2 is 1.81 bits per heavy atom. The van der Waals surface area contributed by atoms with Crippen molar-refractivity contribution in [3.05, 3.63) is 34.6 Å². The van der Waals surface area contributed by atoms with Gasteiger partial charge in [-0.2, -0.15) is 0 Å². The molecule has 0 radical (unpaired) electrons. The number of phenols is 1. The lowest BCUT2D eigenvalue weighted by molar-refractivity contribution is 0.396. The Kier molecular flexibility index (Phi) is 5.45. The van der Waals surface area contributed by atoms with Gasteiger partial charge in [0.2, 0.25) is 11.8 Å². The van der Waals surface area contributed by atoms with Gasteiger partial charge in [0.25, 0.3) is 0 Å². The fourth-order valence-corrected chi connectivity index (χ4v) is 4.97. The molecule has 0 amide bonds. The maximum atomic E-state index is 16.1. The van der Waals surface area contributed by atoms with Crippen LogP contribution in [0.3, 0.4) is 0 Å². The second-order valence-electron chi connectivity index (χ2n) is 8.40. The number of phenolic OH excluding ortho intramolecular Hbond substituents is 1. The molecule has 2 fully saturated rings. The third-order valence-corrected chi connectivity index (χ3v) is 6.59. The van der Waals surface area contributed by atoms with Crippen molar-refractivity contribution in [2.24, 2.45) is 0 Å². The zero-order valence-electron chi connectivity index (χ0n) is 18.1. The van der Waals surface area contributed by atoms with Crippen LogP contribution in [-0.2, 0) is 0 Å². The van der Waals surface area contributed by atoms with Crippen molar-refractivity contribution in [1.29, 1.82) is 0 Å². The summed E-state index contributed by atoms with van der Waals surface area (Å²) in [6, 6.07) is 4.82. The number of halogens is 2. The van der Waals surface area contributed by atoms with E-state index in [1.807, 2.05) is 6.07 Å². The van der Waals surface area contributed by atoms with Gasteiger partial charge in [0, 0.05) is 29.7 Å². The minimum absolute atomic E-state index is 0.0396. The summed E-state index contributed by atoms with van der Waals surface area (Å²) in [6.45, 7) is 1.73. The zero-order valence-corrected chi connectivity index (χ0v) is 18.9. The van der Waals surface area contributed by atoms with Gasteiger partial charge in [0.15, 0.2) is 5.82 Å². The standard InChI is InChI=1S/C24H25ClFN3O3/c1-31-18-12-17(29-8-4-3-5-9-29)20-23(27-18)21(26)22(28-24(20)32-2)15-10-14(30)11-16(25)19(15)13-6-7-13/h10-13,30H,3-9H2,1-2H3. The van der Waals surface area contributed by atoms with Gasteiger partial charge in [-0.1, -0.05) is 11.6 Å². The molecule has 1 aliphatic carbocycles. The summed E-state index contributed by atoms with van der Waals surface area (Å²) in [7, 11) is 3.04. The van der Waals surface area contributed by atoms with Gasteiger partial charge in [0.05, 0.1) is 25.3 Å². The van der Waals surface area contributed by atoms with Crippen LogP contribution >= 0.6 is 11.6 Å². The van der Waals surface area contributed by atoms with Crippen LogP contribution < -0.4 is 14.4 Å². The molecule has 6 nitrogen and oxygen atoms in total. The Labute approximate surface area is 190 Å². The van der Waals surface area contributed by atoms with E-state index < -0.39 is 5.82 Å². The van der Waals surface area contributed by atoms with E-state index in [0.717, 1.165) is 50.0 Å². The normalized spacial score (nSPS) is 16.4. The predicted molar refractivity (Wildman–Crippen MR) is 123 cm³/mol. The molecular formula is C24H25ClFN3O3. The molecular weight excluding hydrogens is 433 g/mol. The van der Waals surface area contributed by atoms with E-state index in [2.05, 4.69) is 14.9 Å². The molecule has 2 aliphatic rings. The number of benzene rings is 1. The van der Waals surface area contributed by atoms with Gasteiger partial charge in [-0.15, -0.1) is 0 Å². The minimum Gasteiger partial charge on any atom is -0.508 e. The molecule has 5 rings (SSSR count). The first-order chi connectivity index (χ1) is 15.5. The zero-order chi connectivity index (χ0) is 22.4. The smallest absolute Gasteiger partial charge is 0.225 e. The van der Waals surface area contributed by atoms with Crippen LogP contribution in [0.4, 0.5) is 10.1 Å².